The van der Waals surface area contributed by atoms with Gasteiger partial charge in [0.05, 0.1) is 6.61 Å². The maximum Gasteiger partial charge on any atom is 0.136 e. The number of carbonyl (C=O) groups excluding carboxylic acids is 1. The molecule has 0 aromatic rings. The third kappa shape index (κ3) is 3.04. The van der Waals surface area contributed by atoms with Gasteiger partial charge in [-0.15, -0.1) is 0 Å². The Balaban J connectivity index is 1.62. The zero-order chi connectivity index (χ0) is 19.2. The lowest BCUT2D eigenvalue weighted by molar-refractivity contribution is -0.157. The van der Waals surface area contributed by atoms with Crippen molar-refractivity contribution in [3.8, 4) is 0 Å². The minimum absolute atomic E-state index is 0.288. The highest BCUT2D eigenvalue weighted by atomic mass is 16.5. The topological polar surface area (TPSA) is 26.3 Å². The number of Topliss-reactive ketones (excluding diaryl/α,β-unsaturated/α-hetero) is 1. The van der Waals surface area contributed by atoms with Gasteiger partial charge in [0.1, 0.15) is 5.78 Å². The van der Waals surface area contributed by atoms with E-state index in [-0.39, 0.29) is 5.41 Å². The second kappa shape index (κ2) is 7.47. The average Bonchev–Trinajstić information content (AvgIpc) is 3.03. The van der Waals surface area contributed by atoms with Gasteiger partial charge in [-0.05, 0) is 98.7 Å². The summed E-state index contributed by atoms with van der Waals surface area (Å²) >= 11 is 0. The van der Waals surface area contributed by atoms with Crippen LogP contribution in [0.15, 0.2) is 0 Å². The van der Waals surface area contributed by atoms with Gasteiger partial charge in [0.2, 0.25) is 0 Å². The molecule has 0 aromatic carbocycles. The third-order valence-electron chi connectivity index (χ3n) is 9.94. The maximum atomic E-state index is 12.7. The first-order valence-corrected chi connectivity index (χ1v) is 12.1. The predicted molar refractivity (Wildman–Crippen MR) is 110 cm³/mol. The minimum atomic E-state index is 0.288. The number of hydrogen-bond acceptors (Lipinski definition) is 2. The van der Waals surface area contributed by atoms with Gasteiger partial charge in [0, 0.05) is 18.9 Å². The molecule has 4 aliphatic carbocycles. The molecule has 4 saturated carbocycles. The molecule has 0 radical (unpaired) electrons. The van der Waals surface area contributed by atoms with Crippen LogP contribution < -0.4 is 0 Å². The van der Waals surface area contributed by atoms with Crippen LogP contribution >= 0.6 is 0 Å². The summed E-state index contributed by atoms with van der Waals surface area (Å²) in [6, 6.07) is 0. The summed E-state index contributed by atoms with van der Waals surface area (Å²) in [5.41, 5.74) is 0.732. The standard InChI is InChI=1S/C25H42O2/c1-5-23(26)22-10-9-20-19-8-7-18-15-17(3)11-14-25(18,16-27-6-2)21(19)12-13-24(20,22)4/h17-22H,5-16H2,1-4H3. The maximum absolute atomic E-state index is 12.7. The molecule has 0 amide bonds. The Hall–Kier alpha value is -0.370. The van der Waals surface area contributed by atoms with Gasteiger partial charge in [-0.1, -0.05) is 27.2 Å². The van der Waals surface area contributed by atoms with Crippen molar-refractivity contribution in [3.05, 3.63) is 0 Å². The molecule has 2 heteroatoms. The Morgan fingerprint density at radius 1 is 1.00 bits per heavy atom. The van der Waals surface area contributed by atoms with Crippen LogP contribution in [0.3, 0.4) is 0 Å². The number of hydrogen-bond donors (Lipinski definition) is 0. The first-order valence-electron chi connectivity index (χ1n) is 12.1. The lowest BCUT2D eigenvalue weighted by Gasteiger charge is -2.62. The smallest absolute Gasteiger partial charge is 0.136 e. The molecule has 8 atom stereocenters. The van der Waals surface area contributed by atoms with Crippen LogP contribution in [0.25, 0.3) is 0 Å². The van der Waals surface area contributed by atoms with Crippen molar-refractivity contribution in [2.45, 2.75) is 91.9 Å². The summed E-state index contributed by atoms with van der Waals surface area (Å²) < 4.78 is 6.18. The molecule has 2 nitrogen and oxygen atoms in total. The van der Waals surface area contributed by atoms with Crippen molar-refractivity contribution in [1.29, 1.82) is 0 Å². The summed E-state index contributed by atoms with van der Waals surface area (Å²) in [6.07, 6.45) is 12.9. The lowest BCUT2D eigenvalue weighted by Crippen LogP contribution is -2.56. The molecule has 8 unspecified atom stereocenters. The van der Waals surface area contributed by atoms with E-state index in [1.165, 1.54) is 51.4 Å². The van der Waals surface area contributed by atoms with Crippen LogP contribution in [0.4, 0.5) is 0 Å². The van der Waals surface area contributed by atoms with E-state index in [4.69, 9.17) is 4.74 Å². The zero-order valence-corrected chi connectivity index (χ0v) is 18.3. The first kappa shape index (κ1) is 19.9. The second-order valence-electron chi connectivity index (χ2n) is 10.9. The SMILES string of the molecule is CCOCC12CCC(C)CC1CCC1C3CCC(C(=O)CC)C3(C)CCC12. The Bertz CT molecular complexity index is 553. The fourth-order valence-corrected chi connectivity index (χ4v) is 8.61. The highest BCUT2D eigenvalue weighted by molar-refractivity contribution is 5.82. The molecule has 27 heavy (non-hydrogen) atoms. The minimum Gasteiger partial charge on any atom is -0.381 e. The van der Waals surface area contributed by atoms with Crippen LogP contribution in [-0.2, 0) is 9.53 Å². The van der Waals surface area contributed by atoms with E-state index in [9.17, 15) is 4.79 Å². The Labute approximate surface area is 167 Å². The van der Waals surface area contributed by atoms with Gasteiger partial charge >= 0.3 is 0 Å². The van der Waals surface area contributed by atoms with Crippen molar-refractivity contribution in [1.82, 2.24) is 0 Å². The number of carbonyl (C=O) groups is 1. The molecule has 0 bridgehead atoms. The Morgan fingerprint density at radius 3 is 2.56 bits per heavy atom. The average molecular weight is 375 g/mol. The monoisotopic (exact) mass is 374 g/mol. The normalized spacial score (nSPS) is 49.2. The van der Waals surface area contributed by atoms with E-state index in [1.807, 2.05) is 0 Å². The van der Waals surface area contributed by atoms with Crippen LogP contribution in [0, 0.1) is 46.3 Å². The van der Waals surface area contributed by atoms with E-state index < -0.39 is 0 Å². The van der Waals surface area contributed by atoms with E-state index in [2.05, 4.69) is 27.7 Å². The summed E-state index contributed by atoms with van der Waals surface area (Å²) in [5, 5.41) is 0. The molecular formula is C25H42O2. The van der Waals surface area contributed by atoms with Gasteiger partial charge in [-0.2, -0.15) is 0 Å². The number of ether oxygens (including phenoxy) is 1. The molecule has 4 fully saturated rings. The van der Waals surface area contributed by atoms with E-state index >= 15 is 0 Å². The molecular weight excluding hydrogens is 332 g/mol. The molecule has 154 valence electrons. The molecule has 0 spiro atoms. The third-order valence-corrected chi connectivity index (χ3v) is 9.94. The van der Waals surface area contributed by atoms with E-state index in [0.29, 0.717) is 17.1 Å². The summed E-state index contributed by atoms with van der Waals surface area (Å²) in [7, 11) is 0. The second-order valence-corrected chi connectivity index (χ2v) is 10.9. The van der Waals surface area contributed by atoms with Crippen molar-refractivity contribution < 1.29 is 9.53 Å². The van der Waals surface area contributed by atoms with Crippen molar-refractivity contribution in [2.24, 2.45) is 46.3 Å². The summed E-state index contributed by atoms with van der Waals surface area (Å²) in [4.78, 5) is 12.7. The fourth-order valence-electron chi connectivity index (χ4n) is 8.61. The van der Waals surface area contributed by atoms with Gasteiger partial charge in [0.15, 0.2) is 0 Å². The molecule has 0 saturated heterocycles. The number of fused-ring (bicyclic) bond motifs is 5. The Kier molecular flexibility index (Phi) is 5.51. The highest BCUT2D eigenvalue weighted by Crippen LogP contribution is 2.68. The molecule has 4 aliphatic rings. The highest BCUT2D eigenvalue weighted by Gasteiger charge is 2.62. The van der Waals surface area contributed by atoms with E-state index in [1.54, 1.807) is 0 Å². The molecule has 0 N–H and O–H groups in total. The zero-order valence-electron chi connectivity index (χ0n) is 18.3. The quantitative estimate of drug-likeness (QED) is 0.566. The molecule has 0 aromatic heterocycles. The van der Waals surface area contributed by atoms with Crippen LogP contribution in [0.5, 0.6) is 0 Å². The fraction of sp³-hybridized carbons (Fsp3) is 0.960. The summed E-state index contributed by atoms with van der Waals surface area (Å²) in [5.74, 6) is 5.16. The lowest BCUT2D eigenvalue weighted by atomic mass is 9.44. The predicted octanol–water partition coefficient (Wildman–Crippen LogP) is 6.28. The molecule has 0 heterocycles. The largest absolute Gasteiger partial charge is 0.381 e. The van der Waals surface area contributed by atoms with Crippen molar-refractivity contribution >= 4 is 5.78 Å². The van der Waals surface area contributed by atoms with Crippen LogP contribution in [-0.4, -0.2) is 19.0 Å². The van der Waals surface area contributed by atoms with Gasteiger partial charge in [-0.3, -0.25) is 4.79 Å². The van der Waals surface area contributed by atoms with Crippen molar-refractivity contribution in [3.63, 3.8) is 0 Å². The van der Waals surface area contributed by atoms with Crippen molar-refractivity contribution in [2.75, 3.05) is 13.2 Å². The van der Waals surface area contributed by atoms with Crippen LogP contribution in [0.1, 0.15) is 91.9 Å². The van der Waals surface area contributed by atoms with E-state index in [0.717, 1.165) is 55.6 Å². The van der Waals surface area contributed by atoms with Gasteiger partial charge < -0.3 is 4.74 Å². The Morgan fingerprint density at radius 2 is 1.81 bits per heavy atom. The number of ketones is 1. The number of rotatable bonds is 5. The van der Waals surface area contributed by atoms with Gasteiger partial charge in [0.25, 0.3) is 0 Å². The molecule has 4 rings (SSSR count). The van der Waals surface area contributed by atoms with Crippen LogP contribution in [0.2, 0.25) is 0 Å². The van der Waals surface area contributed by atoms with Gasteiger partial charge in [-0.25, -0.2) is 0 Å². The molecule has 0 aliphatic heterocycles. The first-order chi connectivity index (χ1) is 13.0. The summed E-state index contributed by atoms with van der Waals surface area (Å²) in [6.45, 7) is 11.0.